The molecule has 0 aliphatic rings. The van der Waals surface area contributed by atoms with E-state index < -0.39 is 0 Å². The molecule has 0 aromatic heterocycles. The van der Waals surface area contributed by atoms with Crippen LogP contribution in [0, 0.1) is 11.8 Å². The summed E-state index contributed by atoms with van der Waals surface area (Å²) in [6.07, 6.45) is 0.948. The van der Waals surface area contributed by atoms with Crippen LogP contribution in [-0.2, 0) is 0 Å². The molecule has 4 N–H and O–H groups in total. The van der Waals surface area contributed by atoms with Gasteiger partial charge in [-0.2, -0.15) is 0 Å². The Hall–Kier alpha value is -0.160. The summed E-state index contributed by atoms with van der Waals surface area (Å²) in [7, 11) is 0. The van der Waals surface area contributed by atoms with Gasteiger partial charge < -0.3 is 20.4 Å². The zero-order valence-corrected chi connectivity index (χ0v) is 7.19. The summed E-state index contributed by atoms with van der Waals surface area (Å²) in [6.45, 7) is -0.0854. The first-order valence-electron chi connectivity index (χ1n) is 4.23. The molecule has 4 heteroatoms. The van der Waals surface area contributed by atoms with Crippen LogP contribution in [0.5, 0.6) is 0 Å². The Morgan fingerprint density at radius 3 is 1.17 bits per heavy atom. The van der Waals surface area contributed by atoms with E-state index in [1.807, 2.05) is 0 Å². The van der Waals surface area contributed by atoms with Crippen LogP contribution in [0.3, 0.4) is 0 Å². The molecule has 1 unspecified atom stereocenters. The second-order valence-electron chi connectivity index (χ2n) is 2.91. The first-order chi connectivity index (χ1) is 5.79. The van der Waals surface area contributed by atoms with Crippen molar-refractivity contribution in [3.8, 4) is 0 Å². The van der Waals surface area contributed by atoms with Crippen molar-refractivity contribution in [3.63, 3.8) is 0 Å². The van der Waals surface area contributed by atoms with Gasteiger partial charge in [0, 0.05) is 26.4 Å². The van der Waals surface area contributed by atoms with Gasteiger partial charge in [-0.05, 0) is 24.7 Å². The van der Waals surface area contributed by atoms with E-state index >= 15 is 0 Å². The molecule has 12 heavy (non-hydrogen) atoms. The van der Waals surface area contributed by atoms with Gasteiger partial charge in [-0.25, -0.2) is 0 Å². The van der Waals surface area contributed by atoms with Crippen LogP contribution < -0.4 is 0 Å². The number of hydrogen-bond acceptors (Lipinski definition) is 4. The van der Waals surface area contributed by atoms with Crippen LogP contribution >= 0.6 is 0 Å². The van der Waals surface area contributed by atoms with Gasteiger partial charge in [0.15, 0.2) is 0 Å². The molecule has 0 radical (unpaired) electrons. The Morgan fingerprint density at radius 1 is 0.667 bits per heavy atom. The highest BCUT2D eigenvalue weighted by Gasteiger charge is 2.18. The fraction of sp³-hybridized carbons (Fsp3) is 1.00. The molecular weight excluding hydrogens is 160 g/mol. The lowest BCUT2D eigenvalue weighted by Crippen LogP contribution is -2.24. The van der Waals surface area contributed by atoms with Crippen molar-refractivity contribution in [1.82, 2.24) is 0 Å². The van der Waals surface area contributed by atoms with E-state index in [9.17, 15) is 0 Å². The fourth-order valence-corrected chi connectivity index (χ4v) is 1.28. The number of aliphatic hydroxyl groups excluding tert-OH is 4. The van der Waals surface area contributed by atoms with Crippen molar-refractivity contribution in [3.05, 3.63) is 0 Å². The number of hydrogen-bond donors (Lipinski definition) is 4. The molecule has 0 bridgehead atoms. The van der Waals surface area contributed by atoms with Crippen LogP contribution in [0.2, 0.25) is 0 Å². The van der Waals surface area contributed by atoms with E-state index in [1.54, 1.807) is 0 Å². The molecule has 0 saturated heterocycles. The summed E-state index contributed by atoms with van der Waals surface area (Å²) in [5.74, 6) is -0.209. The normalized spacial score (nSPS) is 16.0. The highest BCUT2D eigenvalue weighted by Crippen LogP contribution is 2.17. The molecule has 0 amide bonds. The summed E-state index contributed by atoms with van der Waals surface area (Å²) in [5.41, 5.74) is 0. The lowest BCUT2D eigenvalue weighted by Gasteiger charge is -2.22. The standard InChI is InChI=1S/C8H18O4/c9-3-1-7(5-11)8(6-12)2-4-10/h7-12H,1-6H2/t7-,8?/m0/s1. The van der Waals surface area contributed by atoms with Crippen molar-refractivity contribution in [2.45, 2.75) is 12.8 Å². The Morgan fingerprint density at radius 2 is 1.00 bits per heavy atom. The average Bonchev–Trinajstić information content (AvgIpc) is 2.11. The quantitative estimate of drug-likeness (QED) is 0.402. The van der Waals surface area contributed by atoms with Crippen molar-refractivity contribution in [2.75, 3.05) is 26.4 Å². The first kappa shape index (κ1) is 11.8. The molecule has 2 atom stereocenters. The van der Waals surface area contributed by atoms with Crippen LogP contribution in [0.25, 0.3) is 0 Å². The minimum atomic E-state index is -0.104. The number of rotatable bonds is 7. The van der Waals surface area contributed by atoms with Crippen LogP contribution in [0.15, 0.2) is 0 Å². The van der Waals surface area contributed by atoms with Crippen LogP contribution in [-0.4, -0.2) is 46.9 Å². The Bertz CT molecular complexity index is 85.1. The summed E-state index contributed by atoms with van der Waals surface area (Å²) >= 11 is 0. The van der Waals surface area contributed by atoms with E-state index in [-0.39, 0.29) is 38.3 Å². The van der Waals surface area contributed by atoms with E-state index in [1.165, 1.54) is 0 Å². The molecule has 0 spiro atoms. The molecular formula is C8H18O4. The van der Waals surface area contributed by atoms with Gasteiger partial charge in [0.1, 0.15) is 0 Å². The fourth-order valence-electron chi connectivity index (χ4n) is 1.28. The Kier molecular flexibility index (Phi) is 7.39. The van der Waals surface area contributed by atoms with E-state index in [4.69, 9.17) is 20.4 Å². The lowest BCUT2D eigenvalue weighted by atomic mass is 9.88. The molecule has 0 aliphatic carbocycles. The van der Waals surface area contributed by atoms with Gasteiger partial charge in [-0.15, -0.1) is 0 Å². The van der Waals surface area contributed by atoms with Crippen molar-refractivity contribution in [2.24, 2.45) is 11.8 Å². The molecule has 0 aromatic carbocycles. The van der Waals surface area contributed by atoms with Crippen LogP contribution in [0.4, 0.5) is 0 Å². The third-order valence-electron chi connectivity index (χ3n) is 2.14. The lowest BCUT2D eigenvalue weighted by molar-refractivity contribution is 0.0812. The average molecular weight is 178 g/mol. The van der Waals surface area contributed by atoms with E-state index in [0.717, 1.165) is 0 Å². The van der Waals surface area contributed by atoms with Gasteiger partial charge in [0.05, 0.1) is 0 Å². The maximum Gasteiger partial charge on any atom is 0.0463 e. The van der Waals surface area contributed by atoms with Crippen molar-refractivity contribution >= 4 is 0 Å². The van der Waals surface area contributed by atoms with Gasteiger partial charge in [-0.1, -0.05) is 0 Å². The Labute approximate surface area is 72.5 Å². The zero-order valence-electron chi connectivity index (χ0n) is 7.19. The molecule has 0 fully saturated rings. The van der Waals surface area contributed by atoms with Crippen molar-refractivity contribution < 1.29 is 20.4 Å². The SMILES string of the molecule is OCCC(CO)[C@H](CO)CCO. The monoisotopic (exact) mass is 178 g/mol. The molecule has 0 aromatic rings. The summed E-state index contributed by atoms with van der Waals surface area (Å²) in [4.78, 5) is 0. The third-order valence-corrected chi connectivity index (χ3v) is 2.14. The Balaban J connectivity index is 3.84. The summed E-state index contributed by atoms with van der Waals surface area (Å²) in [6, 6.07) is 0. The molecule has 0 aliphatic heterocycles. The van der Waals surface area contributed by atoms with Gasteiger partial charge in [0.25, 0.3) is 0 Å². The van der Waals surface area contributed by atoms with Crippen LogP contribution in [0.1, 0.15) is 12.8 Å². The second kappa shape index (κ2) is 7.49. The highest BCUT2D eigenvalue weighted by atomic mass is 16.3. The van der Waals surface area contributed by atoms with Gasteiger partial charge in [0.2, 0.25) is 0 Å². The maximum atomic E-state index is 8.88. The largest absolute Gasteiger partial charge is 0.396 e. The first-order valence-corrected chi connectivity index (χ1v) is 4.23. The molecule has 0 saturated carbocycles. The summed E-state index contributed by atoms with van der Waals surface area (Å²) < 4.78 is 0. The molecule has 0 rings (SSSR count). The summed E-state index contributed by atoms with van der Waals surface area (Å²) in [5, 5.41) is 35.0. The number of aliphatic hydroxyl groups is 4. The molecule has 74 valence electrons. The molecule has 0 heterocycles. The topological polar surface area (TPSA) is 80.9 Å². The third kappa shape index (κ3) is 4.01. The molecule has 4 nitrogen and oxygen atoms in total. The van der Waals surface area contributed by atoms with Gasteiger partial charge in [-0.3, -0.25) is 0 Å². The highest BCUT2D eigenvalue weighted by molar-refractivity contribution is 4.68. The zero-order chi connectivity index (χ0) is 9.40. The smallest absolute Gasteiger partial charge is 0.0463 e. The minimum Gasteiger partial charge on any atom is -0.396 e. The van der Waals surface area contributed by atoms with Crippen molar-refractivity contribution in [1.29, 1.82) is 0 Å². The predicted octanol–water partition coefficient (Wildman–Crippen LogP) is -1.03. The van der Waals surface area contributed by atoms with Gasteiger partial charge >= 0.3 is 0 Å². The second-order valence-corrected chi connectivity index (χ2v) is 2.91. The maximum absolute atomic E-state index is 8.88. The van der Waals surface area contributed by atoms with E-state index in [2.05, 4.69) is 0 Å². The van der Waals surface area contributed by atoms with E-state index in [0.29, 0.717) is 12.8 Å². The predicted molar refractivity (Wildman–Crippen MR) is 44.6 cm³/mol. The minimum absolute atomic E-state index is 0.00710.